The molecule has 2 rings (SSSR count). The van der Waals surface area contributed by atoms with Crippen molar-refractivity contribution in [3.63, 3.8) is 0 Å². The van der Waals surface area contributed by atoms with Crippen molar-refractivity contribution < 1.29 is 8.42 Å². The lowest BCUT2D eigenvalue weighted by Gasteiger charge is -2.36. The minimum atomic E-state index is -3.50. The van der Waals surface area contributed by atoms with E-state index in [2.05, 4.69) is 5.32 Å². The molecule has 0 spiro atoms. The van der Waals surface area contributed by atoms with Gasteiger partial charge in [-0.1, -0.05) is 24.6 Å². The zero-order chi connectivity index (χ0) is 13.3. The lowest BCUT2D eigenvalue weighted by Crippen LogP contribution is -2.58. The molecule has 6 heteroatoms. The van der Waals surface area contributed by atoms with Crippen molar-refractivity contribution in [3.05, 3.63) is 28.8 Å². The van der Waals surface area contributed by atoms with Crippen molar-refractivity contribution in [2.75, 3.05) is 19.6 Å². The fraction of sp³-hybridized carbons (Fsp3) is 0.500. The Labute approximate surface area is 113 Å². The zero-order valence-electron chi connectivity index (χ0n) is 10.5. The molecule has 1 N–H and O–H groups in total. The van der Waals surface area contributed by atoms with Gasteiger partial charge in [0.05, 0.1) is 11.1 Å². The molecule has 4 nitrogen and oxygen atoms in total. The highest BCUT2D eigenvalue weighted by molar-refractivity contribution is 7.89. The third kappa shape index (κ3) is 2.40. The van der Waals surface area contributed by atoms with E-state index in [-0.39, 0.29) is 10.9 Å². The van der Waals surface area contributed by atoms with E-state index < -0.39 is 10.0 Å². The summed E-state index contributed by atoms with van der Waals surface area (Å²) in [6.45, 7) is 5.60. The number of nitrogens with one attached hydrogen (secondary N) is 1. The van der Waals surface area contributed by atoms with Crippen LogP contribution < -0.4 is 5.32 Å². The predicted molar refractivity (Wildman–Crippen MR) is 72.4 cm³/mol. The summed E-state index contributed by atoms with van der Waals surface area (Å²) in [6.07, 6.45) is 0. The maximum Gasteiger partial charge on any atom is 0.244 e. The van der Waals surface area contributed by atoms with Crippen LogP contribution in [0, 0.1) is 6.92 Å². The minimum Gasteiger partial charge on any atom is -0.313 e. The fourth-order valence-corrected chi connectivity index (χ4v) is 4.25. The van der Waals surface area contributed by atoms with Gasteiger partial charge in [0, 0.05) is 19.6 Å². The summed E-state index contributed by atoms with van der Waals surface area (Å²) in [4.78, 5) is 0.198. The molecule has 1 aromatic carbocycles. The molecule has 100 valence electrons. The fourth-order valence-electron chi connectivity index (χ4n) is 2.04. The topological polar surface area (TPSA) is 49.4 Å². The predicted octanol–water partition coefficient (Wildman–Crippen LogP) is 1.63. The van der Waals surface area contributed by atoms with Crippen LogP contribution in [0.15, 0.2) is 23.1 Å². The van der Waals surface area contributed by atoms with E-state index in [0.29, 0.717) is 24.7 Å². The standard InChI is InChI=1S/C12H17ClN2O2S/c1-3-15(10-7-14-8-10)18(16,17)12-5-4-9(2)6-11(12)13/h4-6,10,14H,3,7-8H2,1-2H3. The van der Waals surface area contributed by atoms with E-state index >= 15 is 0 Å². The normalized spacial score (nSPS) is 16.9. The second-order valence-electron chi connectivity index (χ2n) is 4.45. The number of sulfonamides is 1. The Kier molecular flexibility index (Phi) is 3.96. The molecule has 1 aliphatic rings. The maximum atomic E-state index is 12.5. The van der Waals surface area contributed by atoms with Crippen molar-refractivity contribution in [3.8, 4) is 0 Å². The zero-order valence-corrected chi connectivity index (χ0v) is 12.1. The van der Waals surface area contributed by atoms with Crippen LogP contribution in [0.1, 0.15) is 12.5 Å². The van der Waals surface area contributed by atoms with Gasteiger partial charge in [0.15, 0.2) is 0 Å². The minimum absolute atomic E-state index is 0.0392. The third-order valence-corrected chi connectivity index (χ3v) is 5.66. The van der Waals surface area contributed by atoms with Crippen LogP contribution in [0.4, 0.5) is 0 Å². The van der Waals surface area contributed by atoms with Crippen LogP contribution in [0.2, 0.25) is 5.02 Å². The van der Waals surface area contributed by atoms with Crippen molar-refractivity contribution in [2.45, 2.75) is 24.8 Å². The molecule has 1 fully saturated rings. The molecular weight excluding hydrogens is 272 g/mol. The summed E-state index contributed by atoms with van der Waals surface area (Å²) in [6, 6.07) is 5.08. The van der Waals surface area contributed by atoms with Gasteiger partial charge in [-0.05, 0) is 24.6 Å². The Morgan fingerprint density at radius 2 is 2.11 bits per heavy atom. The molecular formula is C12H17ClN2O2S. The van der Waals surface area contributed by atoms with Crippen LogP contribution in [-0.2, 0) is 10.0 Å². The van der Waals surface area contributed by atoms with E-state index in [1.54, 1.807) is 18.2 Å². The Morgan fingerprint density at radius 1 is 1.44 bits per heavy atom. The van der Waals surface area contributed by atoms with Gasteiger partial charge in [0.1, 0.15) is 4.90 Å². The Bertz CT molecular complexity index is 541. The molecule has 1 aromatic rings. The van der Waals surface area contributed by atoms with Crippen molar-refractivity contribution in [1.29, 1.82) is 0 Å². The second-order valence-corrected chi connectivity index (χ2v) is 6.72. The number of likely N-dealkylation sites (N-methyl/N-ethyl adjacent to an activating group) is 1. The average Bonchev–Trinajstić information content (AvgIpc) is 2.22. The Morgan fingerprint density at radius 3 is 2.56 bits per heavy atom. The molecule has 0 amide bonds. The van der Waals surface area contributed by atoms with E-state index in [9.17, 15) is 8.42 Å². The first kappa shape index (κ1) is 13.8. The number of nitrogens with zero attached hydrogens (tertiary/aromatic N) is 1. The molecule has 0 atom stereocenters. The van der Waals surface area contributed by atoms with Gasteiger partial charge in [-0.2, -0.15) is 4.31 Å². The second kappa shape index (κ2) is 5.17. The van der Waals surface area contributed by atoms with Gasteiger partial charge in [-0.3, -0.25) is 0 Å². The smallest absolute Gasteiger partial charge is 0.244 e. The SMILES string of the molecule is CCN(C1CNC1)S(=O)(=O)c1ccc(C)cc1Cl. The van der Waals surface area contributed by atoms with Crippen LogP contribution in [-0.4, -0.2) is 38.4 Å². The van der Waals surface area contributed by atoms with Gasteiger partial charge in [-0.15, -0.1) is 0 Å². The first-order valence-corrected chi connectivity index (χ1v) is 7.77. The van der Waals surface area contributed by atoms with Crippen LogP contribution >= 0.6 is 11.6 Å². The Balaban J connectivity index is 2.39. The summed E-state index contributed by atoms with van der Waals surface area (Å²) in [5.74, 6) is 0. The van der Waals surface area contributed by atoms with Crippen LogP contribution in [0.3, 0.4) is 0 Å². The highest BCUT2D eigenvalue weighted by Gasteiger charge is 2.34. The van der Waals surface area contributed by atoms with E-state index in [4.69, 9.17) is 11.6 Å². The van der Waals surface area contributed by atoms with Crippen molar-refractivity contribution in [2.24, 2.45) is 0 Å². The van der Waals surface area contributed by atoms with Gasteiger partial charge in [0.2, 0.25) is 10.0 Å². The number of aryl methyl sites for hydroxylation is 1. The summed E-state index contributed by atoms with van der Waals surface area (Å²) < 4.78 is 26.6. The van der Waals surface area contributed by atoms with Gasteiger partial charge >= 0.3 is 0 Å². The lowest BCUT2D eigenvalue weighted by molar-refractivity contribution is 0.249. The quantitative estimate of drug-likeness (QED) is 0.916. The average molecular weight is 289 g/mol. The van der Waals surface area contributed by atoms with E-state index in [0.717, 1.165) is 5.56 Å². The van der Waals surface area contributed by atoms with E-state index in [1.165, 1.54) is 4.31 Å². The van der Waals surface area contributed by atoms with E-state index in [1.807, 2.05) is 13.8 Å². The maximum absolute atomic E-state index is 12.5. The third-order valence-electron chi connectivity index (χ3n) is 3.15. The van der Waals surface area contributed by atoms with Gasteiger partial charge in [0.25, 0.3) is 0 Å². The molecule has 1 aliphatic heterocycles. The molecule has 0 unspecified atom stereocenters. The summed E-state index contributed by atoms with van der Waals surface area (Å²) >= 11 is 6.06. The summed E-state index contributed by atoms with van der Waals surface area (Å²) in [5, 5.41) is 3.38. The van der Waals surface area contributed by atoms with Crippen molar-refractivity contribution >= 4 is 21.6 Å². The molecule has 0 bridgehead atoms. The number of rotatable bonds is 4. The monoisotopic (exact) mass is 288 g/mol. The lowest BCUT2D eigenvalue weighted by atomic mass is 10.2. The first-order chi connectivity index (χ1) is 8.46. The molecule has 0 aromatic heterocycles. The van der Waals surface area contributed by atoms with Gasteiger partial charge < -0.3 is 5.32 Å². The van der Waals surface area contributed by atoms with Crippen LogP contribution in [0.25, 0.3) is 0 Å². The number of benzene rings is 1. The molecule has 18 heavy (non-hydrogen) atoms. The molecule has 1 heterocycles. The largest absolute Gasteiger partial charge is 0.313 e. The highest BCUT2D eigenvalue weighted by Crippen LogP contribution is 2.27. The Hall–Kier alpha value is -0.620. The number of hydrogen-bond donors (Lipinski definition) is 1. The number of halogens is 1. The molecule has 0 saturated carbocycles. The summed E-state index contributed by atoms with van der Waals surface area (Å²) in [7, 11) is -3.50. The van der Waals surface area contributed by atoms with Crippen molar-refractivity contribution in [1.82, 2.24) is 9.62 Å². The molecule has 0 aliphatic carbocycles. The highest BCUT2D eigenvalue weighted by atomic mass is 35.5. The molecule has 1 saturated heterocycles. The van der Waals surface area contributed by atoms with Crippen LogP contribution in [0.5, 0.6) is 0 Å². The summed E-state index contributed by atoms with van der Waals surface area (Å²) in [5.41, 5.74) is 0.951. The van der Waals surface area contributed by atoms with Gasteiger partial charge in [-0.25, -0.2) is 8.42 Å². The molecule has 0 radical (unpaired) electrons. The first-order valence-electron chi connectivity index (χ1n) is 5.95. The number of hydrogen-bond acceptors (Lipinski definition) is 3.